The van der Waals surface area contributed by atoms with Gasteiger partial charge >= 0.3 is 5.97 Å². The number of nitrogens with zero attached hydrogens (tertiary/aromatic N) is 4. The monoisotopic (exact) mass is 277 g/mol. The molecule has 0 aliphatic rings. The van der Waals surface area contributed by atoms with Crippen LogP contribution in [0.25, 0.3) is 11.0 Å². The average Bonchev–Trinajstić information content (AvgIpc) is 2.73. The number of aromatic nitrogens is 4. The van der Waals surface area contributed by atoms with Gasteiger partial charge in [-0.15, -0.1) is 0 Å². The smallest absolute Gasteiger partial charge is 0.328 e. The van der Waals surface area contributed by atoms with Gasteiger partial charge in [-0.2, -0.15) is 5.10 Å². The Morgan fingerprint density at radius 3 is 2.90 bits per heavy atom. The van der Waals surface area contributed by atoms with Crippen molar-refractivity contribution in [2.24, 2.45) is 7.05 Å². The van der Waals surface area contributed by atoms with Crippen molar-refractivity contribution in [3.63, 3.8) is 0 Å². The van der Waals surface area contributed by atoms with E-state index in [0.29, 0.717) is 12.2 Å². The predicted octanol–water partition coefficient (Wildman–Crippen LogP) is 1.43. The maximum absolute atomic E-state index is 11.8. The lowest BCUT2D eigenvalue weighted by atomic mass is 10.1. The Morgan fingerprint density at radius 2 is 2.25 bits per heavy atom. The molecule has 1 atom stereocenters. The normalized spacial score (nSPS) is 12.4. The van der Waals surface area contributed by atoms with E-state index in [9.17, 15) is 4.79 Å². The van der Waals surface area contributed by atoms with E-state index >= 15 is 0 Å². The summed E-state index contributed by atoms with van der Waals surface area (Å²) in [5, 5.41) is 8.31. The van der Waals surface area contributed by atoms with Crippen LogP contribution in [0, 0.1) is 6.92 Å². The van der Waals surface area contributed by atoms with E-state index in [2.05, 4.69) is 20.4 Å². The summed E-state index contributed by atoms with van der Waals surface area (Å²) >= 11 is 0. The fourth-order valence-electron chi connectivity index (χ4n) is 2.23. The highest BCUT2D eigenvalue weighted by molar-refractivity contribution is 5.91. The van der Waals surface area contributed by atoms with Crippen molar-refractivity contribution in [1.29, 1.82) is 0 Å². The van der Waals surface area contributed by atoms with Crippen molar-refractivity contribution in [2.45, 2.75) is 32.7 Å². The number of nitrogens with one attached hydrogen (secondary N) is 1. The van der Waals surface area contributed by atoms with Crippen molar-refractivity contribution in [1.82, 2.24) is 19.7 Å². The molecule has 7 nitrogen and oxygen atoms in total. The van der Waals surface area contributed by atoms with Crippen molar-refractivity contribution in [2.75, 3.05) is 12.4 Å². The second-order valence-electron chi connectivity index (χ2n) is 4.64. The van der Waals surface area contributed by atoms with E-state index in [4.69, 9.17) is 4.74 Å². The zero-order valence-electron chi connectivity index (χ0n) is 12.2. The first-order valence-corrected chi connectivity index (χ1v) is 6.57. The highest BCUT2D eigenvalue weighted by Crippen LogP contribution is 2.23. The minimum atomic E-state index is -0.414. The van der Waals surface area contributed by atoms with Crippen LogP contribution < -0.4 is 5.32 Å². The molecular weight excluding hydrogens is 258 g/mol. The largest absolute Gasteiger partial charge is 0.467 e. The van der Waals surface area contributed by atoms with Crippen molar-refractivity contribution < 1.29 is 9.53 Å². The molecule has 0 fully saturated rings. The molecule has 0 spiro atoms. The summed E-state index contributed by atoms with van der Waals surface area (Å²) < 4.78 is 6.52. The van der Waals surface area contributed by atoms with E-state index in [0.717, 1.165) is 23.1 Å². The number of esters is 1. The number of aryl methyl sites for hydroxylation is 2. The molecule has 0 saturated carbocycles. The van der Waals surface area contributed by atoms with Crippen LogP contribution >= 0.6 is 0 Å². The number of ether oxygens (including phenoxy) is 1. The molecule has 0 radical (unpaired) electrons. The van der Waals surface area contributed by atoms with Gasteiger partial charge in [-0.1, -0.05) is 13.3 Å². The van der Waals surface area contributed by atoms with Crippen molar-refractivity contribution in [3.8, 4) is 0 Å². The molecular formula is C13H19N5O2. The zero-order valence-corrected chi connectivity index (χ0v) is 12.2. The Kier molecular flexibility index (Phi) is 4.16. The number of rotatable bonds is 5. The van der Waals surface area contributed by atoms with E-state index in [-0.39, 0.29) is 5.97 Å². The van der Waals surface area contributed by atoms with Crippen molar-refractivity contribution >= 4 is 22.8 Å². The van der Waals surface area contributed by atoms with Crippen molar-refractivity contribution in [3.05, 3.63) is 12.0 Å². The lowest BCUT2D eigenvalue weighted by molar-refractivity contribution is -0.141. The Hall–Kier alpha value is -2.18. The van der Waals surface area contributed by atoms with Gasteiger partial charge in [0.05, 0.1) is 18.2 Å². The first-order valence-electron chi connectivity index (χ1n) is 6.57. The SMILES string of the molecule is CCCC(Nc1ncnc2c1c(C)nn2C)C(=O)OC. The van der Waals surface area contributed by atoms with Crippen LogP contribution in [-0.2, 0) is 16.6 Å². The first kappa shape index (κ1) is 14.2. The quantitative estimate of drug-likeness (QED) is 0.832. The van der Waals surface area contributed by atoms with Crippen LogP contribution in [-0.4, -0.2) is 38.9 Å². The lowest BCUT2D eigenvalue weighted by Gasteiger charge is -2.16. The van der Waals surface area contributed by atoms with Crippen LogP contribution in [0.5, 0.6) is 0 Å². The number of hydrogen-bond donors (Lipinski definition) is 1. The van der Waals surface area contributed by atoms with Crippen LogP contribution in [0.2, 0.25) is 0 Å². The van der Waals surface area contributed by atoms with E-state index in [1.807, 2.05) is 20.9 Å². The Labute approximate surface area is 117 Å². The van der Waals surface area contributed by atoms with E-state index in [1.165, 1.54) is 13.4 Å². The number of anilines is 1. The third kappa shape index (κ3) is 2.56. The summed E-state index contributed by atoms with van der Waals surface area (Å²) in [7, 11) is 3.22. The summed E-state index contributed by atoms with van der Waals surface area (Å²) in [6.07, 6.45) is 3.01. The minimum absolute atomic E-state index is 0.292. The number of carbonyl (C=O) groups is 1. The molecule has 0 aliphatic carbocycles. The van der Waals surface area contributed by atoms with Crippen LogP contribution in [0.4, 0.5) is 5.82 Å². The van der Waals surface area contributed by atoms with Crippen LogP contribution in [0.1, 0.15) is 25.5 Å². The maximum Gasteiger partial charge on any atom is 0.328 e. The number of carbonyl (C=O) groups excluding carboxylic acids is 1. The number of fused-ring (bicyclic) bond motifs is 1. The molecule has 0 amide bonds. The minimum Gasteiger partial charge on any atom is -0.467 e. The van der Waals surface area contributed by atoms with Gasteiger partial charge in [-0.25, -0.2) is 14.8 Å². The first-order chi connectivity index (χ1) is 9.58. The zero-order chi connectivity index (χ0) is 14.7. The molecule has 0 bridgehead atoms. The van der Waals surface area contributed by atoms with Gasteiger partial charge in [0.1, 0.15) is 18.2 Å². The van der Waals surface area contributed by atoms with E-state index < -0.39 is 6.04 Å². The molecule has 2 aromatic heterocycles. The van der Waals surface area contributed by atoms with E-state index in [1.54, 1.807) is 4.68 Å². The summed E-state index contributed by atoms with van der Waals surface area (Å²) in [4.78, 5) is 20.2. The molecule has 2 heterocycles. The van der Waals surface area contributed by atoms with Gasteiger partial charge in [0.25, 0.3) is 0 Å². The number of hydrogen-bond acceptors (Lipinski definition) is 6. The van der Waals surface area contributed by atoms with Crippen LogP contribution in [0.15, 0.2) is 6.33 Å². The van der Waals surface area contributed by atoms with Gasteiger partial charge < -0.3 is 10.1 Å². The summed E-state index contributed by atoms with van der Waals surface area (Å²) in [6, 6.07) is -0.414. The van der Waals surface area contributed by atoms with Gasteiger partial charge in [0.15, 0.2) is 5.65 Å². The summed E-state index contributed by atoms with van der Waals surface area (Å²) in [6.45, 7) is 3.91. The lowest BCUT2D eigenvalue weighted by Crippen LogP contribution is -2.31. The molecule has 0 saturated heterocycles. The van der Waals surface area contributed by atoms with Gasteiger partial charge in [-0.05, 0) is 13.3 Å². The van der Waals surface area contributed by atoms with Gasteiger partial charge in [-0.3, -0.25) is 4.68 Å². The predicted molar refractivity (Wildman–Crippen MR) is 75.4 cm³/mol. The molecule has 108 valence electrons. The second-order valence-corrected chi connectivity index (χ2v) is 4.64. The highest BCUT2D eigenvalue weighted by Gasteiger charge is 2.21. The molecule has 1 unspecified atom stereocenters. The molecule has 1 N–H and O–H groups in total. The summed E-state index contributed by atoms with van der Waals surface area (Å²) in [5.41, 5.74) is 1.56. The Balaban J connectivity index is 2.39. The van der Waals surface area contributed by atoms with Gasteiger partial charge in [0, 0.05) is 7.05 Å². The fourth-order valence-corrected chi connectivity index (χ4v) is 2.23. The van der Waals surface area contributed by atoms with Gasteiger partial charge in [0.2, 0.25) is 0 Å². The maximum atomic E-state index is 11.8. The second kappa shape index (κ2) is 5.85. The van der Waals surface area contributed by atoms with Crippen LogP contribution in [0.3, 0.4) is 0 Å². The summed E-state index contributed by atoms with van der Waals surface area (Å²) in [5.74, 6) is 0.324. The molecule has 7 heteroatoms. The third-order valence-electron chi connectivity index (χ3n) is 3.17. The topological polar surface area (TPSA) is 81.9 Å². The standard InChI is InChI=1S/C13H19N5O2/c1-5-6-9(13(19)20-4)16-11-10-8(2)17-18(3)12(10)15-7-14-11/h7,9H,5-6H2,1-4H3,(H,14,15,16). The average molecular weight is 277 g/mol. The Morgan fingerprint density at radius 1 is 1.50 bits per heavy atom. The third-order valence-corrected chi connectivity index (χ3v) is 3.17. The molecule has 0 aromatic carbocycles. The number of methoxy groups -OCH3 is 1. The Bertz CT molecular complexity index is 622. The molecule has 2 rings (SSSR count). The molecule has 2 aromatic rings. The molecule has 20 heavy (non-hydrogen) atoms. The fraction of sp³-hybridized carbons (Fsp3) is 0.538. The molecule has 0 aliphatic heterocycles. The highest BCUT2D eigenvalue weighted by atomic mass is 16.5.